The van der Waals surface area contributed by atoms with Gasteiger partial charge in [-0.15, -0.1) is 0 Å². The van der Waals surface area contributed by atoms with Crippen molar-refractivity contribution in [3.63, 3.8) is 0 Å². The number of carboxylic acid groups (broad SMARTS) is 1. The standard InChI is InChI=1S/C15H19ClN2O3/c1-15(2)10(11(15)14(20)21)13(19)17-9-7-5-6-8(16)12(9)18(3)4/h5-7,10-11H,1-4H3,(H,17,19)(H,20,21)/t10-,11+/m1/s1. The molecule has 1 aliphatic carbocycles. The minimum Gasteiger partial charge on any atom is -0.481 e. The molecule has 2 N–H and O–H groups in total. The Labute approximate surface area is 128 Å². The first-order valence-electron chi connectivity index (χ1n) is 6.67. The minimum absolute atomic E-state index is 0.280. The molecule has 0 aliphatic heterocycles. The molecule has 1 aliphatic rings. The molecule has 2 atom stereocenters. The van der Waals surface area contributed by atoms with E-state index in [9.17, 15) is 9.59 Å². The second-order valence-corrected chi connectivity index (χ2v) is 6.54. The molecule has 0 spiro atoms. The Morgan fingerprint density at radius 3 is 2.38 bits per heavy atom. The van der Waals surface area contributed by atoms with Crippen molar-refractivity contribution < 1.29 is 14.7 Å². The van der Waals surface area contributed by atoms with Crippen molar-refractivity contribution >= 4 is 34.9 Å². The van der Waals surface area contributed by atoms with Gasteiger partial charge >= 0.3 is 5.97 Å². The molecular formula is C15H19ClN2O3. The molecule has 6 heteroatoms. The van der Waals surface area contributed by atoms with Crippen LogP contribution in [0.5, 0.6) is 0 Å². The molecule has 0 saturated heterocycles. The minimum atomic E-state index is -0.931. The summed E-state index contributed by atoms with van der Waals surface area (Å²) in [7, 11) is 3.66. The molecule has 1 aromatic carbocycles. The number of benzene rings is 1. The fourth-order valence-corrected chi connectivity index (χ4v) is 3.21. The first kappa shape index (κ1) is 15.6. The van der Waals surface area contributed by atoms with E-state index in [-0.39, 0.29) is 5.91 Å². The summed E-state index contributed by atoms with van der Waals surface area (Å²) in [4.78, 5) is 25.3. The first-order chi connectivity index (χ1) is 9.67. The number of carbonyl (C=O) groups is 2. The molecule has 0 unspecified atom stereocenters. The maximum Gasteiger partial charge on any atom is 0.307 e. The summed E-state index contributed by atoms with van der Waals surface area (Å²) in [6.07, 6.45) is 0. The summed E-state index contributed by atoms with van der Waals surface area (Å²) in [5.74, 6) is -2.37. The van der Waals surface area contributed by atoms with Crippen molar-refractivity contribution in [2.75, 3.05) is 24.3 Å². The fourth-order valence-electron chi connectivity index (χ4n) is 2.87. The van der Waals surface area contributed by atoms with Gasteiger partial charge in [-0.1, -0.05) is 31.5 Å². The summed E-state index contributed by atoms with van der Waals surface area (Å²) >= 11 is 6.15. The molecule has 0 heterocycles. The largest absolute Gasteiger partial charge is 0.481 e. The summed E-state index contributed by atoms with van der Waals surface area (Å²) < 4.78 is 0. The average Bonchev–Trinajstić information content (AvgIpc) is 2.92. The Hall–Kier alpha value is -1.75. The van der Waals surface area contributed by atoms with Gasteiger partial charge in [-0.2, -0.15) is 0 Å². The Balaban J connectivity index is 2.23. The van der Waals surface area contributed by atoms with Gasteiger partial charge in [0.15, 0.2) is 0 Å². The number of amides is 1. The van der Waals surface area contributed by atoms with Gasteiger partial charge in [0.25, 0.3) is 0 Å². The highest BCUT2D eigenvalue weighted by Gasteiger charge is 2.65. The van der Waals surface area contributed by atoms with E-state index in [1.165, 1.54) is 0 Å². The van der Waals surface area contributed by atoms with Crippen LogP contribution in [0, 0.1) is 17.3 Å². The Bertz CT molecular complexity index is 599. The van der Waals surface area contributed by atoms with Crippen molar-refractivity contribution in [1.29, 1.82) is 0 Å². The number of aliphatic carboxylic acids is 1. The molecule has 1 aromatic rings. The number of nitrogens with zero attached hydrogens (tertiary/aromatic N) is 1. The van der Waals surface area contributed by atoms with Crippen LogP contribution in [0.3, 0.4) is 0 Å². The summed E-state index contributed by atoms with van der Waals surface area (Å²) in [5.41, 5.74) is 0.773. The van der Waals surface area contributed by atoms with Gasteiger partial charge < -0.3 is 15.3 Å². The number of rotatable bonds is 4. The van der Waals surface area contributed by atoms with Crippen molar-refractivity contribution in [1.82, 2.24) is 0 Å². The molecule has 0 bridgehead atoms. The molecule has 1 amide bonds. The monoisotopic (exact) mass is 310 g/mol. The third-order valence-electron chi connectivity index (χ3n) is 4.07. The Kier molecular flexibility index (Phi) is 3.89. The van der Waals surface area contributed by atoms with Crippen LogP contribution < -0.4 is 10.2 Å². The molecule has 21 heavy (non-hydrogen) atoms. The fraction of sp³-hybridized carbons (Fsp3) is 0.467. The van der Waals surface area contributed by atoms with E-state index in [0.717, 1.165) is 0 Å². The summed E-state index contributed by atoms with van der Waals surface area (Å²) in [6, 6.07) is 5.25. The van der Waals surface area contributed by atoms with Crippen LogP contribution in [0.4, 0.5) is 11.4 Å². The topological polar surface area (TPSA) is 69.6 Å². The van der Waals surface area contributed by atoms with E-state index in [2.05, 4.69) is 5.32 Å². The molecular weight excluding hydrogens is 292 g/mol. The van der Waals surface area contributed by atoms with E-state index in [4.69, 9.17) is 16.7 Å². The van der Waals surface area contributed by atoms with E-state index in [1.807, 2.05) is 19.0 Å². The normalized spacial score (nSPS) is 22.5. The molecule has 2 rings (SSSR count). The predicted octanol–water partition coefficient (Wildman–Crippen LogP) is 2.70. The highest BCUT2D eigenvalue weighted by Crippen LogP contribution is 2.58. The van der Waals surface area contributed by atoms with Gasteiger partial charge in [0.1, 0.15) is 0 Å². The van der Waals surface area contributed by atoms with Crippen LogP contribution in [-0.2, 0) is 9.59 Å². The highest BCUT2D eigenvalue weighted by molar-refractivity contribution is 6.34. The lowest BCUT2D eigenvalue weighted by Gasteiger charge is -2.19. The second kappa shape index (κ2) is 5.22. The smallest absolute Gasteiger partial charge is 0.307 e. The zero-order valence-electron chi connectivity index (χ0n) is 12.5. The van der Waals surface area contributed by atoms with Crippen LogP contribution in [0.1, 0.15) is 13.8 Å². The van der Waals surface area contributed by atoms with Crippen molar-refractivity contribution in [2.24, 2.45) is 17.3 Å². The van der Waals surface area contributed by atoms with E-state index in [1.54, 1.807) is 32.0 Å². The van der Waals surface area contributed by atoms with Crippen LogP contribution in [-0.4, -0.2) is 31.1 Å². The van der Waals surface area contributed by atoms with E-state index >= 15 is 0 Å². The van der Waals surface area contributed by atoms with Crippen molar-refractivity contribution in [2.45, 2.75) is 13.8 Å². The van der Waals surface area contributed by atoms with Gasteiger partial charge in [-0.3, -0.25) is 9.59 Å². The first-order valence-corrected chi connectivity index (χ1v) is 7.05. The van der Waals surface area contributed by atoms with E-state index < -0.39 is 23.2 Å². The SMILES string of the molecule is CN(C)c1c(Cl)cccc1NC(=O)[C@H]1[C@@H](C(=O)O)C1(C)C. The number of hydrogen-bond donors (Lipinski definition) is 2. The maximum absolute atomic E-state index is 12.4. The van der Waals surface area contributed by atoms with Gasteiger partial charge in [-0.25, -0.2) is 0 Å². The lowest BCUT2D eigenvalue weighted by molar-refractivity contribution is -0.140. The zero-order chi connectivity index (χ0) is 15.9. The number of nitrogens with one attached hydrogen (secondary N) is 1. The number of anilines is 2. The number of para-hydroxylation sites is 1. The quantitative estimate of drug-likeness (QED) is 0.897. The third kappa shape index (κ3) is 2.70. The second-order valence-electron chi connectivity index (χ2n) is 6.13. The number of carboxylic acids is 1. The zero-order valence-corrected chi connectivity index (χ0v) is 13.2. The van der Waals surface area contributed by atoms with Gasteiger partial charge in [0.2, 0.25) is 5.91 Å². The average molecular weight is 311 g/mol. The maximum atomic E-state index is 12.4. The van der Waals surface area contributed by atoms with Gasteiger partial charge in [0, 0.05) is 14.1 Å². The molecule has 0 radical (unpaired) electrons. The number of halogens is 1. The van der Waals surface area contributed by atoms with Crippen molar-refractivity contribution in [3.8, 4) is 0 Å². The van der Waals surface area contributed by atoms with Gasteiger partial charge in [0.05, 0.1) is 28.2 Å². The molecule has 1 fully saturated rings. The van der Waals surface area contributed by atoms with E-state index in [0.29, 0.717) is 16.4 Å². The van der Waals surface area contributed by atoms with Crippen LogP contribution in [0.25, 0.3) is 0 Å². The van der Waals surface area contributed by atoms with Crippen LogP contribution in [0.2, 0.25) is 5.02 Å². The summed E-state index contributed by atoms with van der Waals surface area (Å²) in [5, 5.41) is 12.5. The molecule has 1 saturated carbocycles. The summed E-state index contributed by atoms with van der Waals surface area (Å²) in [6.45, 7) is 3.59. The lowest BCUT2D eigenvalue weighted by atomic mass is 10.1. The Morgan fingerprint density at radius 1 is 1.29 bits per heavy atom. The van der Waals surface area contributed by atoms with Crippen molar-refractivity contribution in [3.05, 3.63) is 23.2 Å². The number of carbonyl (C=O) groups excluding carboxylic acids is 1. The highest BCUT2D eigenvalue weighted by atomic mass is 35.5. The lowest BCUT2D eigenvalue weighted by Crippen LogP contribution is -2.20. The molecule has 5 nitrogen and oxygen atoms in total. The molecule has 114 valence electrons. The number of hydrogen-bond acceptors (Lipinski definition) is 3. The van der Waals surface area contributed by atoms with Crippen LogP contribution >= 0.6 is 11.6 Å². The Morgan fingerprint density at radius 2 is 1.90 bits per heavy atom. The van der Waals surface area contributed by atoms with Gasteiger partial charge in [-0.05, 0) is 17.5 Å². The predicted molar refractivity (Wildman–Crippen MR) is 82.8 cm³/mol. The third-order valence-corrected chi connectivity index (χ3v) is 4.37. The van der Waals surface area contributed by atoms with Crippen LogP contribution in [0.15, 0.2) is 18.2 Å². The molecule has 0 aromatic heterocycles.